The van der Waals surface area contributed by atoms with Crippen molar-refractivity contribution in [3.8, 4) is 5.75 Å². The Morgan fingerprint density at radius 3 is 2.52 bits per heavy atom. The molecule has 0 radical (unpaired) electrons. The van der Waals surface area contributed by atoms with Crippen molar-refractivity contribution in [1.82, 2.24) is 5.32 Å². The monoisotopic (exact) mass is 341 g/mol. The molecular weight excluding hydrogens is 322 g/mol. The summed E-state index contributed by atoms with van der Waals surface area (Å²) in [5.74, 6) is -0.348. The van der Waals surface area contributed by atoms with Gasteiger partial charge in [0.15, 0.2) is 5.78 Å². The van der Waals surface area contributed by atoms with Crippen molar-refractivity contribution in [3.05, 3.63) is 28.8 Å². The highest BCUT2D eigenvalue weighted by molar-refractivity contribution is 6.31. The number of esters is 1. The normalized spacial score (nSPS) is 10.0. The molecule has 0 bridgehead atoms. The van der Waals surface area contributed by atoms with Crippen LogP contribution in [0.15, 0.2) is 18.2 Å². The molecule has 0 saturated heterocycles. The lowest BCUT2D eigenvalue weighted by molar-refractivity contribution is -0.140. The number of methoxy groups -OCH3 is 2. The fraction of sp³-hybridized carbons (Fsp3) is 0.438. The molecule has 23 heavy (non-hydrogen) atoms. The smallest absolute Gasteiger partial charge is 0.305 e. The van der Waals surface area contributed by atoms with Gasteiger partial charge in [-0.15, -0.1) is 0 Å². The Morgan fingerprint density at radius 2 is 1.87 bits per heavy atom. The Balaban J connectivity index is 2.40. The largest absolute Gasteiger partial charge is 0.496 e. The molecule has 126 valence electrons. The Kier molecular flexibility index (Phi) is 8.11. The zero-order valence-electron chi connectivity index (χ0n) is 13.2. The first-order valence-corrected chi connectivity index (χ1v) is 7.56. The van der Waals surface area contributed by atoms with Gasteiger partial charge < -0.3 is 14.8 Å². The average molecular weight is 342 g/mol. The highest BCUT2D eigenvalue weighted by Crippen LogP contribution is 2.24. The fourth-order valence-corrected chi connectivity index (χ4v) is 2.08. The number of hydrogen-bond acceptors (Lipinski definition) is 5. The van der Waals surface area contributed by atoms with Gasteiger partial charge in [0.05, 0.1) is 19.8 Å². The molecule has 1 rings (SSSR count). The number of ketones is 1. The zero-order valence-corrected chi connectivity index (χ0v) is 13.9. The van der Waals surface area contributed by atoms with Crippen LogP contribution in [0, 0.1) is 0 Å². The molecule has 0 aromatic heterocycles. The summed E-state index contributed by atoms with van der Waals surface area (Å²) in [7, 11) is 2.78. The van der Waals surface area contributed by atoms with Crippen LogP contribution in [0.25, 0.3) is 0 Å². The third-order valence-corrected chi connectivity index (χ3v) is 3.38. The second kappa shape index (κ2) is 9.84. The number of hydrogen-bond donors (Lipinski definition) is 1. The Morgan fingerprint density at radius 1 is 1.13 bits per heavy atom. The Hall–Kier alpha value is -2.08. The van der Waals surface area contributed by atoms with E-state index in [2.05, 4.69) is 10.1 Å². The van der Waals surface area contributed by atoms with Crippen molar-refractivity contribution < 1.29 is 23.9 Å². The van der Waals surface area contributed by atoms with Gasteiger partial charge in [-0.25, -0.2) is 0 Å². The van der Waals surface area contributed by atoms with Crippen LogP contribution in [-0.2, 0) is 14.3 Å². The van der Waals surface area contributed by atoms with Crippen molar-refractivity contribution in [2.24, 2.45) is 0 Å². The van der Waals surface area contributed by atoms with E-state index in [0.717, 1.165) is 0 Å². The zero-order chi connectivity index (χ0) is 17.2. The molecular formula is C16H20ClNO5. The molecule has 1 aromatic carbocycles. The van der Waals surface area contributed by atoms with Gasteiger partial charge in [-0.2, -0.15) is 0 Å². The van der Waals surface area contributed by atoms with E-state index >= 15 is 0 Å². The maximum atomic E-state index is 12.2. The van der Waals surface area contributed by atoms with Crippen LogP contribution in [0.4, 0.5) is 0 Å². The third kappa shape index (κ3) is 6.69. The molecule has 6 nitrogen and oxygen atoms in total. The van der Waals surface area contributed by atoms with Gasteiger partial charge in [0.25, 0.3) is 0 Å². The van der Waals surface area contributed by atoms with E-state index in [1.807, 2.05) is 0 Å². The van der Waals surface area contributed by atoms with E-state index in [4.69, 9.17) is 16.3 Å². The Bertz CT molecular complexity index is 574. The predicted molar refractivity (Wildman–Crippen MR) is 85.8 cm³/mol. The van der Waals surface area contributed by atoms with Gasteiger partial charge in [0.1, 0.15) is 5.75 Å². The number of Topliss-reactive ketones (excluding diaryl/α,β-unsaturated/α-hetero) is 1. The van der Waals surface area contributed by atoms with Crippen LogP contribution < -0.4 is 10.1 Å². The van der Waals surface area contributed by atoms with Crippen LogP contribution in [0.3, 0.4) is 0 Å². The number of halogens is 1. The summed E-state index contributed by atoms with van der Waals surface area (Å²) >= 11 is 5.88. The van der Waals surface area contributed by atoms with Gasteiger partial charge in [0, 0.05) is 30.8 Å². The number of ether oxygens (including phenoxy) is 2. The molecule has 1 amide bonds. The summed E-state index contributed by atoms with van der Waals surface area (Å²) in [6.45, 7) is 0.364. The summed E-state index contributed by atoms with van der Waals surface area (Å²) in [6, 6.07) is 4.77. The van der Waals surface area contributed by atoms with Crippen LogP contribution in [0.2, 0.25) is 5.02 Å². The van der Waals surface area contributed by atoms with E-state index in [-0.39, 0.29) is 36.9 Å². The van der Waals surface area contributed by atoms with Crippen LogP contribution >= 0.6 is 11.6 Å². The maximum absolute atomic E-state index is 12.2. The predicted octanol–water partition coefficient (Wildman–Crippen LogP) is 2.38. The highest BCUT2D eigenvalue weighted by atomic mass is 35.5. The van der Waals surface area contributed by atoms with Gasteiger partial charge in [0.2, 0.25) is 5.91 Å². The van der Waals surface area contributed by atoms with Gasteiger partial charge in [-0.3, -0.25) is 14.4 Å². The second-order valence-electron chi connectivity index (χ2n) is 4.80. The summed E-state index contributed by atoms with van der Waals surface area (Å²) in [6.07, 6.45) is 0.857. The quantitative estimate of drug-likeness (QED) is 0.423. The summed E-state index contributed by atoms with van der Waals surface area (Å²) < 4.78 is 9.61. The van der Waals surface area contributed by atoms with E-state index in [1.54, 1.807) is 12.1 Å². The molecule has 0 heterocycles. The van der Waals surface area contributed by atoms with Crippen molar-refractivity contribution in [1.29, 1.82) is 0 Å². The van der Waals surface area contributed by atoms with E-state index in [0.29, 0.717) is 29.3 Å². The van der Waals surface area contributed by atoms with Gasteiger partial charge in [-0.05, 0) is 24.6 Å². The lowest BCUT2D eigenvalue weighted by atomic mass is 10.1. The van der Waals surface area contributed by atoms with Crippen molar-refractivity contribution in [2.45, 2.75) is 25.7 Å². The summed E-state index contributed by atoms with van der Waals surface area (Å²) in [5.41, 5.74) is 0.360. The van der Waals surface area contributed by atoms with Gasteiger partial charge >= 0.3 is 5.97 Å². The molecule has 0 unspecified atom stereocenters. The summed E-state index contributed by atoms with van der Waals surface area (Å²) in [5, 5.41) is 3.08. The second-order valence-corrected chi connectivity index (χ2v) is 5.23. The molecule has 0 saturated carbocycles. The SMILES string of the molecule is COC(=O)CCCNC(=O)CCC(=O)c1cc(Cl)ccc1OC. The molecule has 1 N–H and O–H groups in total. The standard InChI is InChI=1S/C16H20ClNO5/c1-22-14-7-5-11(17)10-12(14)13(19)6-8-15(20)18-9-3-4-16(21)23-2/h5,7,10H,3-4,6,8-9H2,1-2H3,(H,18,20). The third-order valence-electron chi connectivity index (χ3n) is 3.15. The van der Waals surface area contributed by atoms with Crippen LogP contribution in [0.1, 0.15) is 36.0 Å². The fourth-order valence-electron chi connectivity index (χ4n) is 1.91. The lowest BCUT2D eigenvalue weighted by Crippen LogP contribution is -2.25. The molecule has 0 aliphatic heterocycles. The molecule has 0 atom stereocenters. The highest BCUT2D eigenvalue weighted by Gasteiger charge is 2.14. The molecule has 0 aliphatic carbocycles. The van der Waals surface area contributed by atoms with E-state index < -0.39 is 0 Å². The first kappa shape index (κ1) is 19.0. The van der Waals surface area contributed by atoms with Gasteiger partial charge in [-0.1, -0.05) is 11.6 Å². The molecule has 0 aliphatic rings. The molecule has 7 heteroatoms. The average Bonchev–Trinajstić information content (AvgIpc) is 2.56. The number of carbonyl (C=O) groups is 3. The maximum Gasteiger partial charge on any atom is 0.305 e. The van der Waals surface area contributed by atoms with Crippen LogP contribution in [0.5, 0.6) is 5.75 Å². The number of benzene rings is 1. The van der Waals surface area contributed by atoms with E-state index in [9.17, 15) is 14.4 Å². The number of rotatable bonds is 9. The number of amides is 1. The van der Waals surface area contributed by atoms with Crippen molar-refractivity contribution in [2.75, 3.05) is 20.8 Å². The number of nitrogens with one attached hydrogen (secondary N) is 1. The number of carbonyl (C=O) groups excluding carboxylic acids is 3. The summed E-state index contributed by atoms with van der Waals surface area (Å²) in [4.78, 5) is 34.8. The minimum Gasteiger partial charge on any atom is -0.496 e. The Labute approximate surface area is 140 Å². The molecule has 0 fully saturated rings. The first-order valence-electron chi connectivity index (χ1n) is 7.18. The van der Waals surface area contributed by atoms with Crippen LogP contribution in [-0.4, -0.2) is 38.4 Å². The van der Waals surface area contributed by atoms with Crippen molar-refractivity contribution in [3.63, 3.8) is 0 Å². The minimum atomic E-state index is -0.317. The first-order chi connectivity index (χ1) is 11.0. The lowest BCUT2D eigenvalue weighted by Gasteiger charge is -2.08. The van der Waals surface area contributed by atoms with Crippen molar-refractivity contribution >= 4 is 29.3 Å². The van der Waals surface area contributed by atoms with E-state index in [1.165, 1.54) is 20.3 Å². The molecule has 1 aromatic rings. The molecule has 0 spiro atoms. The topological polar surface area (TPSA) is 81.7 Å². The minimum absolute atomic E-state index is 0.0551.